The van der Waals surface area contributed by atoms with E-state index in [0.29, 0.717) is 5.56 Å². The van der Waals surface area contributed by atoms with Crippen LogP contribution in [0, 0.1) is 0 Å². The molecule has 2 atom stereocenters. The Morgan fingerprint density at radius 2 is 1.95 bits per heavy atom. The molecular weight excluding hydrogens is 288 g/mol. The first-order valence-electron chi connectivity index (χ1n) is 6.60. The Bertz CT molecular complexity index is 595. The molecule has 7 nitrogen and oxygen atoms in total. The van der Waals surface area contributed by atoms with E-state index in [-0.39, 0.29) is 18.6 Å². The molecule has 0 aromatic heterocycles. The smallest absolute Gasteiger partial charge is 0.340 e. The van der Waals surface area contributed by atoms with Gasteiger partial charge >= 0.3 is 11.9 Å². The molecule has 5 N–H and O–H groups in total. The molecule has 0 saturated carbocycles. The van der Waals surface area contributed by atoms with Gasteiger partial charge in [-0.05, 0) is 12.0 Å². The highest BCUT2D eigenvalue weighted by Crippen LogP contribution is 2.17. The van der Waals surface area contributed by atoms with Crippen molar-refractivity contribution in [1.29, 1.82) is 0 Å². The molecule has 7 heteroatoms. The van der Waals surface area contributed by atoms with Crippen molar-refractivity contribution in [1.82, 2.24) is 0 Å². The molecule has 0 saturated heterocycles. The first-order chi connectivity index (χ1) is 10.4. The van der Waals surface area contributed by atoms with Crippen LogP contribution in [-0.2, 0) is 25.7 Å². The lowest BCUT2D eigenvalue weighted by Gasteiger charge is -2.28. The summed E-state index contributed by atoms with van der Waals surface area (Å²) < 4.78 is 4.95. The number of esters is 1. The van der Waals surface area contributed by atoms with Gasteiger partial charge < -0.3 is 21.3 Å². The fraction of sp³-hybridized carbons (Fsp3) is 0.333. The summed E-state index contributed by atoms with van der Waals surface area (Å²) in [4.78, 5) is 34.3. The minimum atomic E-state index is -2.54. The van der Waals surface area contributed by atoms with Crippen LogP contribution in [0.5, 0.6) is 0 Å². The van der Waals surface area contributed by atoms with Crippen LogP contribution in [0.2, 0.25) is 0 Å². The Morgan fingerprint density at radius 1 is 1.36 bits per heavy atom. The summed E-state index contributed by atoms with van der Waals surface area (Å²) >= 11 is 0. The Balaban J connectivity index is 2.96. The molecule has 0 fully saturated rings. The van der Waals surface area contributed by atoms with Gasteiger partial charge in [0.25, 0.3) is 0 Å². The SMILES string of the molecule is CCC(=C=O)C(N)C(N)(C(=O)O)C(=O)OCc1ccccc1. The number of carboxylic acids is 1. The molecule has 1 aromatic carbocycles. The summed E-state index contributed by atoms with van der Waals surface area (Å²) in [6, 6.07) is 7.16. The van der Waals surface area contributed by atoms with E-state index in [2.05, 4.69) is 0 Å². The number of carbonyl (C=O) groups is 2. The molecular formula is C15H18N2O5. The molecule has 2 unspecified atom stereocenters. The van der Waals surface area contributed by atoms with Gasteiger partial charge in [-0.25, -0.2) is 14.4 Å². The maximum atomic E-state index is 12.1. The summed E-state index contributed by atoms with van der Waals surface area (Å²) in [6.07, 6.45) is 0.128. The van der Waals surface area contributed by atoms with Crippen molar-refractivity contribution >= 4 is 17.9 Å². The maximum Gasteiger partial charge on any atom is 0.340 e. The van der Waals surface area contributed by atoms with E-state index in [1.807, 2.05) is 0 Å². The van der Waals surface area contributed by atoms with Gasteiger partial charge in [0.05, 0.1) is 6.04 Å². The molecule has 0 heterocycles. The van der Waals surface area contributed by atoms with Gasteiger partial charge in [0.15, 0.2) is 0 Å². The second-order valence-corrected chi connectivity index (χ2v) is 4.69. The number of carboxylic acid groups (broad SMARTS) is 1. The van der Waals surface area contributed by atoms with Gasteiger partial charge in [0.2, 0.25) is 5.54 Å². The topological polar surface area (TPSA) is 133 Å². The average molecular weight is 306 g/mol. The van der Waals surface area contributed by atoms with Crippen molar-refractivity contribution in [2.75, 3.05) is 0 Å². The van der Waals surface area contributed by atoms with Crippen LogP contribution < -0.4 is 11.5 Å². The molecule has 0 spiro atoms. The summed E-state index contributed by atoms with van der Waals surface area (Å²) in [5, 5.41) is 9.26. The fourth-order valence-electron chi connectivity index (χ4n) is 1.82. The number of hydrogen-bond acceptors (Lipinski definition) is 6. The molecule has 0 radical (unpaired) electrons. The molecule has 0 aliphatic carbocycles. The third-order valence-electron chi connectivity index (χ3n) is 3.28. The number of benzene rings is 1. The van der Waals surface area contributed by atoms with E-state index in [4.69, 9.17) is 16.2 Å². The normalized spacial score (nSPS) is 14.3. The van der Waals surface area contributed by atoms with Crippen LogP contribution in [0.3, 0.4) is 0 Å². The Labute approximate surface area is 127 Å². The van der Waals surface area contributed by atoms with E-state index in [1.165, 1.54) is 5.94 Å². The fourth-order valence-corrected chi connectivity index (χ4v) is 1.82. The zero-order chi connectivity index (χ0) is 16.8. The largest absolute Gasteiger partial charge is 0.479 e. The molecule has 1 aromatic rings. The van der Waals surface area contributed by atoms with Crippen LogP contribution in [0.25, 0.3) is 0 Å². The lowest BCUT2D eigenvalue weighted by atomic mass is 9.86. The summed E-state index contributed by atoms with van der Waals surface area (Å²) in [5.74, 6) is -1.35. The predicted octanol–water partition coefficient (Wildman–Crippen LogP) is 0.00720. The van der Waals surface area contributed by atoms with Gasteiger partial charge in [0.1, 0.15) is 12.5 Å². The minimum absolute atomic E-state index is 0.0958. The Morgan fingerprint density at radius 3 is 2.41 bits per heavy atom. The van der Waals surface area contributed by atoms with Crippen molar-refractivity contribution in [3.8, 4) is 0 Å². The second-order valence-electron chi connectivity index (χ2n) is 4.69. The van der Waals surface area contributed by atoms with Crippen LogP contribution >= 0.6 is 0 Å². The van der Waals surface area contributed by atoms with Crippen molar-refractivity contribution in [3.63, 3.8) is 0 Å². The average Bonchev–Trinajstić information content (AvgIpc) is 2.53. The molecule has 118 valence electrons. The van der Waals surface area contributed by atoms with Gasteiger partial charge in [0, 0.05) is 5.57 Å². The van der Waals surface area contributed by atoms with Crippen LogP contribution in [-0.4, -0.2) is 34.6 Å². The van der Waals surface area contributed by atoms with Crippen molar-refractivity contribution in [2.45, 2.75) is 31.5 Å². The van der Waals surface area contributed by atoms with Gasteiger partial charge in [-0.1, -0.05) is 37.3 Å². The molecule has 0 amide bonds. The van der Waals surface area contributed by atoms with Crippen LogP contribution in [0.4, 0.5) is 0 Å². The Hall–Kier alpha value is -2.47. The number of ether oxygens (including phenoxy) is 1. The predicted molar refractivity (Wildman–Crippen MR) is 78.3 cm³/mol. The van der Waals surface area contributed by atoms with E-state index in [9.17, 15) is 19.5 Å². The minimum Gasteiger partial charge on any atom is -0.479 e. The first-order valence-corrected chi connectivity index (χ1v) is 6.60. The molecule has 0 aliphatic rings. The molecule has 22 heavy (non-hydrogen) atoms. The number of carbonyl (C=O) groups excluding carboxylic acids is 2. The van der Waals surface area contributed by atoms with Crippen LogP contribution in [0.15, 0.2) is 35.9 Å². The highest BCUT2D eigenvalue weighted by molar-refractivity contribution is 6.05. The van der Waals surface area contributed by atoms with E-state index < -0.39 is 23.5 Å². The van der Waals surface area contributed by atoms with Crippen LogP contribution in [0.1, 0.15) is 18.9 Å². The van der Waals surface area contributed by atoms with Crippen molar-refractivity contribution < 1.29 is 24.2 Å². The second kappa shape index (κ2) is 7.51. The quantitative estimate of drug-likeness (QED) is 0.367. The third kappa shape index (κ3) is 3.59. The maximum absolute atomic E-state index is 12.1. The monoisotopic (exact) mass is 306 g/mol. The van der Waals surface area contributed by atoms with E-state index >= 15 is 0 Å². The number of aliphatic carboxylic acids is 1. The Kier molecular flexibility index (Phi) is 6.00. The van der Waals surface area contributed by atoms with Gasteiger partial charge in [-0.15, -0.1) is 0 Å². The van der Waals surface area contributed by atoms with Crippen molar-refractivity contribution in [3.05, 3.63) is 41.5 Å². The van der Waals surface area contributed by atoms with Gasteiger partial charge in [-0.3, -0.25) is 0 Å². The van der Waals surface area contributed by atoms with Gasteiger partial charge in [-0.2, -0.15) is 0 Å². The standard InChI is InChI=1S/C15H18N2O5/c1-2-11(8-18)12(16)15(17,13(19)20)14(21)22-9-10-6-4-3-5-7-10/h3-7,12H,2,9,16-17H2,1H3,(H,19,20). The van der Waals surface area contributed by atoms with E-state index in [0.717, 1.165) is 0 Å². The summed E-state index contributed by atoms with van der Waals surface area (Å²) in [7, 11) is 0. The highest BCUT2D eigenvalue weighted by Gasteiger charge is 2.51. The number of hydrogen-bond donors (Lipinski definition) is 3. The molecule has 0 bridgehead atoms. The molecule has 1 rings (SSSR count). The number of nitrogens with two attached hydrogens (primary N) is 2. The van der Waals surface area contributed by atoms with Crippen molar-refractivity contribution in [2.24, 2.45) is 11.5 Å². The molecule has 0 aliphatic heterocycles. The summed E-state index contributed by atoms with van der Waals surface area (Å²) in [6.45, 7) is 1.43. The number of rotatable bonds is 7. The lowest BCUT2D eigenvalue weighted by Crippen LogP contribution is -2.67. The highest BCUT2D eigenvalue weighted by atomic mass is 16.5. The zero-order valence-corrected chi connectivity index (χ0v) is 12.1. The van der Waals surface area contributed by atoms with E-state index in [1.54, 1.807) is 37.3 Å². The third-order valence-corrected chi connectivity index (χ3v) is 3.28. The summed E-state index contributed by atoms with van der Waals surface area (Å²) in [5.41, 5.74) is 9.35. The zero-order valence-electron chi connectivity index (χ0n) is 12.1. The lowest BCUT2D eigenvalue weighted by molar-refractivity contribution is -0.162. The first kappa shape index (κ1) is 17.6.